The van der Waals surface area contributed by atoms with Crippen LogP contribution in [0.5, 0.6) is 0 Å². The Bertz CT molecular complexity index is 2160. The number of rotatable bonds is 13. The van der Waals surface area contributed by atoms with Crippen molar-refractivity contribution in [2.75, 3.05) is 23.7 Å². The van der Waals surface area contributed by atoms with E-state index in [1.807, 2.05) is 48.5 Å². The molecule has 1 spiro atoms. The molecule has 3 aliphatic heterocycles. The molecule has 3 unspecified atom stereocenters. The van der Waals surface area contributed by atoms with Gasteiger partial charge in [-0.05, 0) is 97.7 Å². The average Bonchev–Trinajstić information content (AvgIpc) is 3.80. The Hall–Kier alpha value is -6.14. The predicted molar refractivity (Wildman–Crippen MR) is 230 cm³/mol. The van der Waals surface area contributed by atoms with Crippen LogP contribution in [0.1, 0.15) is 108 Å². The first-order valence-electron chi connectivity index (χ1n) is 21.3. The summed E-state index contributed by atoms with van der Waals surface area (Å²) < 4.78 is 0. The van der Waals surface area contributed by atoms with Gasteiger partial charge in [-0.25, -0.2) is 0 Å². The van der Waals surface area contributed by atoms with Crippen molar-refractivity contribution in [1.29, 1.82) is 0 Å². The minimum absolute atomic E-state index is 0.0181. The fraction of sp³-hybridized carbons (Fsp3) is 0.375. The van der Waals surface area contributed by atoms with Crippen molar-refractivity contribution in [3.63, 3.8) is 0 Å². The van der Waals surface area contributed by atoms with Crippen LogP contribution < -0.4 is 26.6 Å². The molecule has 5 N–H and O–H groups in total. The minimum atomic E-state index is -0.610. The van der Waals surface area contributed by atoms with Gasteiger partial charge in [-0.2, -0.15) is 0 Å². The summed E-state index contributed by atoms with van der Waals surface area (Å²) in [6.07, 6.45) is 10.5. The number of fused-ring (bicyclic) bond motifs is 1. The number of carbonyl (C=O) groups is 6. The summed E-state index contributed by atoms with van der Waals surface area (Å²) in [5.74, 6) is -0.633. The number of para-hydroxylation sites is 1. The van der Waals surface area contributed by atoms with Gasteiger partial charge in [0.05, 0.1) is 5.92 Å². The second-order valence-electron chi connectivity index (χ2n) is 16.2. The Kier molecular flexibility index (Phi) is 13.8. The number of nitrogens with one attached hydrogen (secondary N) is 5. The first-order chi connectivity index (χ1) is 29.3. The molecular formula is C48H54N6O6. The molecule has 0 bridgehead atoms. The van der Waals surface area contributed by atoms with Crippen LogP contribution in [-0.2, 0) is 32.1 Å². The van der Waals surface area contributed by atoms with Gasteiger partial charge in [-0.1, -0.05) is 86.3 Å². The van der Waals surface area contributed by atoms with Gasteiger partial charge in [-0.3, -0.25) is 34.1 Å². The Labute approximate surface area is 351 Å². The Morgan fingerprint density at radius 2 is 1.53 bits per heavy atom. The zero-order chi connectivity index (χ0) is 41.9. The van der Waals surface area contributed by atoms with Crippen molar-refractivity contribution in [1.82, 2.24) is 20.9 Å². The molecule has 1 saturated carbocycles. The van der Waals surface area contributed by atoms with Crippen LogP contribution in [0.3, 0.4) is 0 Å². The molecule has 4 aliphatic rings. The van der Waals surface area contributed by atoms with E-state index in [2.05, 4.69) is 50.8 Å². The standard InChI is InChI=1S/C26H28N4O5.C22H26N2O/c31-16-28-19-10-8-18(9-11-19)24(33)27-14-3-1-2-5-17-6-4-7-20-21(17)15-30(26(20)35)22-12-13-23(32)29-25(22)34;25-21(24-18-12-6-2-7-13-18)20-19(17-10-4-1-5-11-17)16-23-22(20)14-8-3-9-15-22/h4,6-11,16,22H,1-3,5,12-15H2,(H,27,33)(H,28,31)(H,29,32,34);1-2,4-7,10-13,19-20,23H,3,8-9,14-16H2,(H,24,25). The normalized spacial score (nSPS) is 20.4. The number of carbonyl (C=O) groups excluding carboxylic acids is 6. The first-order valence-corrected chi connectivity index (χ1v) is 21.3. The highest BCUT2D eigenvalue weighted by atomic mass is 16.2. The number of anilines is 2. The summed E-state index contributed by atoms with van der Waals surface area (Å²) in [5, 5.41) is 14.7. The molecule has 1 aliphatic carbocycles. The zero-order valence-corrected chi connectivity index (χ0v) is 33.9. The van der Waals surface area contributed by atoms with Crippen LogP contribution in [0.25, 0.3) is 0 Å². The maximum atomic E-state index is 13.3. The van der Waals surface area contributed by atoms with E-state index in [0.717, 1.165) is 61.9 Å². The number of piperidine rings is 1. The Morgan fingerprint density at radius 1 is 0.800 bits per heavy atom. The van der Waals surface area contributed by atoms with Crippen LogP contribution in [0.4, 0.5) is 11.4 Å². The zero-order valence-electron chi connectivity index (χ0n) is 33.9. The third kappa shape index (κ3) is 9.82. The van der Waals surface area contributed by atoms with Crippen molar-refractivity contribution in [2.45, 2.75) is 94.7 Å². The number of amides is 6. The fourth-order valence-corrected chi connectivity index (χ4v) is 9.37. The molecule has 4 aromatic rings. The Balaban J connectivity index is 0.000000191. The molecule has 8 rings (SSSR count). The van der Waals surface area contributed by atoms with Gasteiger partial charge in [0, 0.05) is 60.0 Å². The summed E-state index contributed by atoms with van der Waals surface area (Å²) >= 11 is 0. The van der Waals surface area contributed by atoms with E-state index in [1.54, 1.807) is 35.2 Å². The smallest absolute Gasteiger partial charge is 0.255 e. The first kappa shape index (κ1) is 42.0. The summed E-state index contributed by atoms with van der Waals surface area (Å²) in [7, 11) is 0. The largest absolute Gasteiger partial charge is 0.352 e. The lowest BCUT2D eigenvalue weighted by molar-refractivity contribution is -0.137. The summed E-state index contributed by atoms with van der Waals surface area (Å²) in [5.41, 5.74) is 5.97. The van der Waals surface area contributed by atoms with Gasteiger partial charge >= 0.3 is 0 Å². The second kappa shape index (κ2) is 19.7. The molecule has 0 aromatic heterocycles. The van der Waals surface area contributed by atoms with Crippen molar-refractivity contribution in [2.24, 2.45) is 5.92 Å². The molecule has 12 nitrogen and oxygen atoms in total. The molecule has 312 valence electrons. The monoisotopic (exact) mass is 810 g/mol. The van der Waals surface area contributed by atoms with Crippen molar-refractivity contribution in [3.05, 3.63) is 131 Å². The van der Waals surface area contributed by atoms with Crippen LogP contribution in [0.2, 0.25) is 0 Å². The van der Waals surface area contributed by atoms with Crippen LogP contribution in [0, 0.1) is 5.92 Å². The maximum absolute atomic E-state index is 13.3. The summed E-state index contributed by atoms with van der Waals surface area (Å²) in [6, 6.07) is 32.1. The van der Waals surface area contributed by atoms with Crippen LogP contribution in [-0.4, -0.2) is 65.5 Å². The molecule has 12 heteroatoms. The topological polar surface area (TPSA) is 166 Å². The van der Waals surface area contributed by atoms with Crippen LogP contribution >= 0.6 is 0 Å². The molecule has 3 heterocycles. The number of aryl methyl sites for hydroxylation is 1. The fourth-order valence-electron chi connectivity index (χ4n) is 9.37. The minimum Gasteiger partial charge on any atom is -0.352 e. The number of unbranched alkanes of at least 4 members (excludes halogenated alkanes) is 2. The third-order valence-corrected chi connectivity index (χ3v) is 12.4. The van der Waals surface area contributed by atoms with Gasteiger partial charge in [0.25, 0.3) is 11.8 Å². The number of hydrogen-bond donors (Lipinski definition) is 5. The van der Waals surface area contributed by atoms with Gasteiger partial charge in [0.2, 0.25) is 24.1 Å². The molecule has 60 heavy (non-hydrogen) atoms. The average molecular weight is 811 g/mol. The Morgan fingerprint density at radius 3 is 2.25 bits per heavy atom. The predicted octanol–water partition coefficient (Wildman–Crippen LogP) is 6.49. The molecule has 0 radical (unpaired) electrons. The number of nitrogens with zero attached hydrogens (tertiary/aromatic N) is 1. The summed E-state index contributed by atoms with van der Waals surface area (Å²) in [6.45, 7) is 1.83. The SMILES string of the molecule is O=C(Nc1ccccc1)C1C(c2ccccc2)CNC12CCCCC2.O=CNc1ccc(C(=O)NCCCCCc2cccc3c2CN(C2CCC(=O)NC2=O)C3=O)cc1. The van der Waals surface area contributed by atoms with E-state index >= 15 is 0 Å². The van der Waals surface area contributed by atoms with E-state index in [1.165, 1.54) is 24.8 Å². The number of benzene rings is 4. The van der Waals surface area contributed by atoms with Crippen molar-refractivity contribution >= 4 is 47.3 Å². The lowest BCUT2D eigenvalue weighted by atomic mass is 9.69. The van der Waals surface area contributed by atoms with Gasteiger partial charge in [0.1, 0.15) is 6.04 Å². The van der Waals surface area contributed by atoms with Gasteiger partial charge in [-0.15, -0.1) is 0 Å². The quantitative estimate of drug-likeness (QED) is 0.0585. The molecule has 3 fully saturated rings. The molecule has 3 atom stereocenters. The molecule has 6 amide bonds. The van der Waals surface area contributed by atoms with E-state index in [0.29, 0.717) is 42.7 Å². The lowest BCUT2D eigenvalue weighted by Gasteiger charge is -2.39. The van der Waals surface area contributed by atoms with E-state index in [9.17, 15) is 28.8 Å². The molecular weight excluding hydrogens is 757 g/mol. The van der Waals surface area contributed by atoms with Crippen LogP contribution in [0.15, 0.2) is 103 Å². The van der Waals surface area contributed by atoms with Gasteiger partial charge in [0.15, 0.2) is 0 Å². The van der Waals surface area contributed by atoms with Gasteiger partial charge < -0.3 is 26.2 Å². The van der Waals surface area contributed by atoms with E-state index < -0.39 is 11.9 Å². The highest BCUT2D eigenvalue weighted by molar-refractivity contribution is 6.05. The highest BCUT2D eigenvalue weighted by Gasteiger charge is 2.52. The number of imide groups is 1. The highest BCUT2D eigenvalue weighted by Crippen LogP contribution is 2.46. The van der Waals surface area contributed by atoms with Crippen molar-refractivity contribution in [3.8, 4) is 0 Å². The van der Waals surface area contributed by atoms with Crippen molar-refractivity contribution < 1.29 is 28.8 Å². The summed E-state index contributed by atoms with van der Waals surface area (Å²) in [4.78, 5) is 74.2. The van der Waals surface area contributed by atoms with E-state index in [-0.39, 0.29) is 47.4 Å². The maximum Gasteiger partial charge on any atom is 0.255 e. The second-order valence-corrected chi connectivity index (χ2v) is 16.2. The van der Waals surface area contributed by atoms with E-state index in [4.69, 9.17) is 0 Å². The molecule has 2 saturated heterocycles. The lowest BCUT2D eigenvalue weighted by Crippen LogP contribution is -2.52. The molecule has 4 aromatic carbocycles. The number of hydrogen-bond acceptors (Lipinski definition) is 7. The third-order valence-electron chi connectivity index (χ3n) is 12.4.